The van der Waals surface area contributed by atoms with Crippen LogP contribution in [-0.2, 0) is 6.54 Å². The maximum atomic E-state index is 13.7. The van der Waals surface area contributed by atoms with E-state index in [4.69, 9.17) is 17.3 Å². The standard InChI is InChI=1S/C13H16ClFN4/c1-3-6-19-13(12(16)8(2)18-19)17-11-7-9(14)4-5-10(11)15/h4-5,7,17H,3,6,16H2,1-2H3. The summed E-state index contributed by atoms with van der Waals surface area (Å²) in [6.07, 6.45) is 0.910. The van der Waals surface area contributed by atoms with Gasteiger partial charge in [0.25, 0.3) is 0 Å². The molecule has 0 aliphatic rings. The summed E-state index contributed by atoms with van der Waals surface area (Å²) < 4.78 is 15.5. The summed E-state index contributed by atoms with van der Waals surface area (Å²) in [5, 5.41) is 7.75. The lowest BCUT2D eigenvalue weighted by molar-refractivity contribution is 0.603. The highest BCUT2D eigenvalue weighted by atomic mass is 35.5. The average molecular weight is 283 g/mol. The molecule has 6 heteroatoms. The Morgan fingerprint density at radius 2 is 2.21 bits per heavy atom. The van der Waals surface area contributed by atoms with Gasteiger partial charge in [-0.2, -0.15) is 5.10 Å². The first-order chi connectivity index (χ1) is 9.02. The fourth-order valence-corrected chi connectivity index (χ4v) is 1.99. The molecular formula is C13H16ClFN4. The van der Waals surface area contributed by atoms with Gasteiger partial charge in [0.1, 0.15) is 5.82 Å². The lowest BCUT2D eigenvalue weighted by Gasteiger charge is -2.11. The van der Waals surface area contributed by atoms with Crippen molar-refractivity contribution in [3.05, 3.63) is 34.7 Å². The minimum atomic E-state index is -0.384. The molecule has 0 aliphatic heterocycles. The van der Waals surface area contributed by atoms with Crippen molar-refractivity contribution in [2.45, 2.75) is 26.8 Å². The normalized spacial score (nSPS) is 10.7. The van der Waals surface area contributed by atoms with Gasteiger partial charge in [0.05, 0.1) is 17.1 Å². The number of aromatic nitrogens is 2. The molecule has 2 aromatic rings. The van der Waals surface area contributed by atoms with E-state index in [0.29, 0.717) is 23.1 Å². The third-order valence-corrected chi connectivity index (χ3v) is 3.03. The van der Waals surface area contributed by atoms with Crippen molar-refractivity contribution < 1.29 is 4.39 Å². The van der Waals surface area contributed by atoms with Crippen LogP contribution in [0.1, 0.15) is 19.0 Å². The zero-order chi connectivity index (χ0) is 14.0. The number of halogens is 2. The Kier molecular flexibility index (Phi) is 3.95. The molecule has 4 nitrogen and oxygen atoms in total. The van der Waals surface area contributed by atoms with E-state index in [1.54, 1.807) is 4.68 Å². The van der Waals surface area contributed by atoms with E-state index in [1.165, 1.54) is 18.2 Å². The Morgan fingerprint density at radius 1 is 1.47 bits per heavy atom. The van der Waals surface area contributed by atoms with Gasteiger partial charge in [0.15, 0.2) is 5.82 Å². The van der Waals surface area contributed by atoms with Gasteiger partial charge in [-0.15, -0.1) is 0 Å². The number of rotatable bonds is 4. The van der Waals surface area contributed by atoms with Crippen molar-refractivity contribution in [2.24, 2.45) is 0 Å². The van der Waals surface area contributed by atoms with Crippen LogP contribution in [0.15, 0.2) is 18.2 Å². The molecule has 0 amide bonds. The Bertz CT molecular complexity index is 595. The van der Waals surface area contributed by atoms with Gasteiger partial charge >= 0.3 is 0 Å². The summed E-state index contributed by atoms with van der Waals surface area (Å²) in [5.74, 6) is 0.214. The van der Waals surface area contributed by atoms with Crippen LogP contribution in [0, 0.1) is 12.7 Å². The van der Waals surface area contributed by atoms with Gasteiger partial charge in [-0.25, -0.2) is 9.07 Å². The highest BCUT2D eigenvalue weighted by molar-refractivity contribution is 6.30. The van der Waals surface area contributed by atoms with Crippen LogP contribution < -0.4 is 11.1 Å². The molecule has 3 N–H and O–H groups in total. The lowest BCUT2D eigenvalue weighted by atomic mass is 10.3. The number of hydrogen-bond donors (Lipinski definition) is 2. The van der Waals surface area contributed by atoms with Crippen molar-refractivity contribution in [1.82, 2.24) is 9.78 Å². The summed E-state index contributed by atoms with van der Waals surface area (Å²) in [6, 6.07) is 4.34. The third-order valence-electron chi connectivity index (χ3n) is 2.79. The van der Waals surface area contributed by atoms with Crippen LogP contribution in [0.4, 0.5) is 21.6 Å². The topological polar surface area (TPSA) is 55.9 Å². The molecule has 0 atom stereocenters. The maximum absolute atomic E-state index is 13.7. The molecule has 1 aromatic carbocycles. The number of nitrogens with zero attached hydrogens (tertiary/aromatic N) is 2. The largest absolute Gasteiger partial charge is 0.394 e. The number of nitrogen functional groups attached to an aromatic ring is 1. The van der Waals surface area contributed by atoms with E-state index in [-0.39, 0.29) is 11.5 Å². The Hall–Kier alpha value is -1.75. The van der Waals surface area contributed by atoms with Crippen LogP contribution >= 0.6 is 11.6 Å². The van der Waals surface area contributed by atoms with Gasteiger partial charge in [0.2, 0.25) is 0 Å². The zero-order valence-electron chi connectivity index (χ0n) is 10.9. The van der Waals surface area contributed by atoms with Crippen LogP contribution in [0.5, 0.6) is 0 Å². The summed E-state index contributed by atoms with van der Waals surface area (Å²) in [7, 11) is 0. The second-order valence-electron chi connectivity index (χ2n) is 4.32. The second kappa shape index (κ2) is 5.48. The molecule has 0 spiro atoms. The van der Waals surface area contributed by atoms with E-state index in [9.17, 15) is 4.39 Å². The first-order valence-electron chi connectivity index (χ1n) is 6.08. The Balaban J connectivity index is 2.39. The van der Waals surface area contributed by atoms with E-state index < -0.39 is 0 Å². The van der Waals surface area contributed by atoms with Crippen LogP contribution in [0.25, 0.3) is 0 Å². The number of nitrogens with one attached hydrogen (secondary N) is 1. The zero-order valence-corrected chi connectivity index (χ0v) is 11.6. The van der Waals surface area contributed by atoms with E-state index in [1.807, 2.05) is 13.8 Å². The number of aryl methyl sites for hydroxylation is 2. The van der Waals surface area contributed by atoms with Gasteiger partial charge in [-0.1, -0.05) is 18.5 Å². The summed E-state index contributed by atoms with van der Waals surface area (Å²) in [4.78, 5) is 0. The monoisotopic (exact) mass is 282 g/mol. The summed E-state index contributed by atoms with van der Waals surface area (Å²) in [5.41, 5.74) is 7.50. The minimum Gasteiger partial charge on any atom is -0.394 e. The molecule has 1 aromatic heterocycles. The molecular weight excluding hydrogens is 267 g/mol. The highest BCUT2D eigenvalue weighted by Gasteiger charge is 2.14. The molecule has 0 fully saturated rings. The fourth-order valence-electron chi connectivity index (χ4n) is 1.82. The van der Waals surface area contributed by atoms with Crippen molar-refractivity contribution in [3.63, 3.8) is 0 Å². The molecule has 19 heavy (non-hydrogen) atoms. The average Bonchev–Trinajstić information content (AvgIpc) is 2.62. The Morgan fingerprint density at radius 3 is 2.89 bits per heavy atom. The van der Waals surface area contributed by atoms with E-state index >= 15 is 0 Å². The highest BCUT2D eigenvalue weighted by Crippen LogP contribution is 2.29. The van der Waals surface area contributed by atoms with Gasteiger partial charge in [-0.05, 0) is 31.5 Å². The van der Waals surface area contributed by atoms with Crippen LogP contribution in [0.3, 0.4) is 0 Å². The lowest BCUT2D eigenvalue weighted by Crippen LogP contribution is -2.06. The number of benzene rings is 1. The summed E-state index contributed by atoms with van der Waals surface area (Å²) in [6.45, 7) is 4.57. The first kappa shape index (κ1) is 13.7. The molecule has 0 unspecified atom stereocenters. The smallest absolute Gasteiger partial charge is 0.152 e. The molecule has 102 valence electrons. The van der Waals surface area contributed by atoms with Crippen molar-refractivity contribution >= 4 is 28.8 Å². The molecule has 0 radical (unpaired) electrons. The van der Waals surface area contributed by atoms with Gasteiger partial charge < -0.3 is 11.1 Å². The molecule has 1 heterocycles. The van der Waals surface area contributed by atoms with E-state index in [2.05, 4.69) is 10.4 Å². The number of anilines is 3. The molecule has 2 rings (SSSR count). The summed E-state index contributed by atoms with van der Waals surface area (Å²) >= 11 is 5.87. The molecule has 0 bridgehead atoms. The first-order valence-corrected chi connectivity index (χ1v) is 6.45. The van der Waals surface area contributed by atoms with Crippen LogP contribution in [0.2, 0.25) is 5.02 Å². The predicted octanol–water partition coefficient (Wildman–Crippen LogP) is 3.72. The van der Waals surface area contributed by atoms with Crippen molar-refractivity contribution in [1.29, 1.82) is 0 Å². The van der Waals surface area contributed by atoms with Crippen molar-refractivity contribution in [2.75, 3.05) is 11.1 Å². The van der Waals surface area contributed by atoms with Crippen molar-refractivity contribution in [3.8, 4) is 0 Å². The quantitative estimate of drug-likeness (QED) is 0.898. The maximum Gasteiger partial charge on any atom is 0.152 e. The molecule has 0 saturated heterocycles. The van der Waals surface area contributed by atoms with Crippen LogP contribution in [-0.4, -0.2) is 9.78 Å². The predicted molar refractivity (Wildman–Crippen MR) is 76.4 cm³/mol. The van der Waals surface area contributed by atoms with Gasteiger partial charge in [0, 0.05) is 11.6 Å². The van der Waals surface area contributed by atoms with Gasteiger partial charge in [-0.3, -0.25) is 0 Å². The third kappa shape index (κ3) is 2.81. The van der Waals surface area contributed by atoms with E-state index in [0.717, 1.165) is 12.1 Å². The minimum absolute atomic E-state index is 0.288. The fraction of sp³-hybridized carbons (Fsp3) is 0.308. The molecule has 0 saturated carbocycles. The Labute approximate surface area is 116 Å². The number of nitrogens with two attached hydrogens (primary N) is 1. The molecule has 0 aliphatic carbocycles. The second-order valence-corrected chi connectivity index (χ2v) is 4.76. The SMILES string of the molecule is CCCn1nc(C)c(N)c1Nc1cc(Cl)ccc1F. The number of hydrogen-bond acceptors (Lipinski definition) is 3.